The van der Waals surface area contributed by atoms with Crippen LogP contribution in [0.4, 0.5) is 10.1 Å². The van der Waals surface area contributed by atoms with E-state index in [1.54, 1.807) is 13.0 Å². The summed E-state index contributed by atoms with van der Waals surface area (Å²) in [6.45, 7) is 9.60. The van der Waals surface area contributed by atoms with Gasteiger partial charge in [-0.1, -0.05) is 30.9 Å². The first kappa shape index (κ1) is 13.2. The van der Waals surface area contributed by atoms with Crippen LogP contribution in [0, 0.1) is 12.7 Å². The maximum Gasteiger partial charge on any atom is 0.128 e. The summed E-state index contributed by atoms with van der Waals surface area (Å²) >= 11 is 0. The van der Waals surface area contributed by atoms with Crippen LogP contribution in [-0.2, 0) is 0 Å². The Balaban J connectivity index is 2.85. The van der Waals surface area contributed by atoms with Crippen molar-refractivity contribution in [1.82, 2.24) is 0 Å². The molecule has 1 aromatic carbocycles. The van der Waals surface area contributed by atoms with Crippen LogP contribution in [0.1, 0.15) is 19.4 Å². The Bertz CT molecular complexity index is 470. The van der Waals surface area contributed by atoms with E-state index in [2.05, 4.69) is 11.9 Å². The summed E-state index contributed by atoms with van der Waals surface area (Å²) in [7, 11) is 0. The van der Waals surface area contributed by atoms with E-state index in [9.17, 15) is 4.39 Å². The normalized spacial score (nSPS) is 11.9. The monoisotopic (exact) mass is 231 g/mol. The lowest BCUT2D eigenvalue weighted by Crippen LogP contribution is -2.01. The molecule has 17 heavy (non-hydrogen) atoms. The second-order valence-electron chi connectivity index (χ2n) is 3.89. The topological polar surface area (TPSA) is 12.0 Å². The van der Waals surface area contributed by atoms with Gasteiger partial charge in [-0.2, -0.15) is 0 Å². The lowest BCUT2D eigenvalue weighted by atomic mass is 10.1. The molecule has 0 amide bonds. The molecule has 1 nitrogen and oxygen atoms in total. The zero-order valence-corrected chi connectivity index (χ0v) is 10.5. The number of hydrogen-bond donors (Lipinski definition) is 1. The highest BCUT2D eigenvalue weighted by Gasteiger charge is 2.04. The van der Waals surface area contributed by atoms with Crippen molar-refractivity contribution in [2.24, 2.45) is 0 Å². The minimum atomic E-state index is -0.210. The Labute approximate surface area is 102 Å². The van der Waals surface area contributed by atoms with Crippen LogP contribution < -0.4 is 5.32 Å². The minimum absolute atomic E-state index is 0.210. The summed E-state index contributed by atoms with van der Waals surface area (Å²) in [5, 5.41) is 3.12. The SMILES string of the molecule is C=C(Nc1cccc(F)c1C)/C(C)=C\C=C/C. The van der Waals surface area contributed by atoms with Crippen LogP contribution in [-0.4, -0.2) is 0 Å². The van der Waals surface area contributed by atoms with Gasteiger partial charge < -0.3 is 5.32 Å². The van der Waals surface area contributed by atoms with Gasteiger partial charge in [0.1, 0.15) is 5.82 Å². The summed E-state index contributed by atoms with van der Waals surface area (Å²) in [6.07, 6.45) is 5.86. The fourth-order valence-electron chi connectivity index (χ4n) is 1.35. The molecule has 0 aliphatic heterocycles. The fraction of sp³-hybridized carbons (Fsp3) is 0.200. The van der Waals surface area contributed by atoms with Gasteiger partial charge in [-0.05, 0) is 38.5 Å². The molecule has 90 valence electrons. The number of nitrogens with one attached hydrogen (secondary N) is 1. The highest BCUT2D eigenvalue weighted by molar-refractivity contribution is 5.57. The third-order valence-electron chi connectivity index (χ3n) is 2.57. The predicted molar refractivity (Wildman–Crippen MR) is 72.5 cm³/mol. The van der Waals surface area contributed by atoms with E-state index >= 15 is 0 Å². The number of hydrogen-bond acceptors (Lipinski definition) is 1. The quantitative estimate of drug-likeness (QED) is 0.748. The largest absolute Gasteiger partial charge is 0.355 e. The van der Waals surface area contributed by atoms with E-state index in [4.69, 9.17) is 0 Å². The van der Waals surface area contributed by atoms with Gasteiger partial charge >= 0.3 is 0 Å². The number of allylic oxidation sites excluding steroid dienone is 4. The van der Waals surface area contributed by atoms with Crippen molar-refractivity contribution in [3.05, 3.63) is 65.7 Å². The molecule has 0 heterocycles. The molecule has 0 fully saturated rings. The van der Waals surface area contributed by atoms with Gasteiger partial charge in [-0.3, -0.25) is 0 Å². The van der Waals surface area contributed by atoms with Crippen LogP contribution >= 0.6 is 0 Å². The molecule has 0 bridgehead atoms. The highest BCUT2D eigenvalue weighted by atomic mass is 19.1. The van der Waals surface area contributed by atoms with E-state index in [1.165, 1.54) is 6.07 Å². The first-order valence-electron chi connectivity index (χ1n) is 5.57. The zero-order chi connectivity index (χ0) is 12.8. The molecule has 0 spiro atoms. The standard InChI is InChI=1S/C15H18FN/c1-5-6-8-11(2)13(4)17-15-10-7-9-14(16)12(15)3/h5-10,17H,4H2,1-3H3/b6-5-,11-8-. The van der Waals surface area contributed by atoms with Gasteiger partial charge in [0.05, 0.1) is 0 Å². The Hall–Kier alpha value is -1.83. The molecule has 1 rings (SSSR count). The fourth-order valence-corrected chi connectivity index (χ4v) is 1.35. The van der Waals surface area contributed by atoms with Crippen LogP contribution in [0.2, 0.25) is 0 Å². The molecule has 0 aromatic heterocycles. The first-order valence-corrected chi connectivity index (χ1v) is 5.57. The van der Waals surface area contributed by atoms with E-state index in [0.717, 1.165) is 17.0 Å². The Morgan fingerprint density at radius 3 is 2.76 bits per heavy atom. The molecule has 2 heteroatoms. The van der Waals surface area contributed by atoms with Crippen molar-refractivity contribution in [3.63, 3.8) is 0 Å². The Morgan fingerprint density at radius 2 is 2.12 bits per heavy atom. The van der Waals surface area contributed by atoms with Crippen LogP contribution in [0.3, 0.4) is 0 Å². The van der Waals surface area contributed by atoms with Crippen molar-refractivity contribution < 1.29 is 4.39 Å². The molecule has 0 saturated carbocycles. The van der Waals surface area contributed by atoms with Crippen LogP contribution in [0.25, 0.3) is 0 Å². The van der Waals surface area contributed by atoms with Crippen molar-refractivity contribution >= 4 is 5.69 Å². The molecule has 0 unspecified atom stereocenters. The van der Waals surface area contributed by atoms with Crippen molar-refractivity contribution in [2.45, 2.75) is 20.8 Å². The average molecular weight is 231 g/mol. The maximum absolute atomic E-state index is 13.3. The molecule has 1 aromatic rings. The van der Waals surface area contributed by atoms with E-state index in [1.807, 2.05) is 38.1 Å². The summed E-state index contributed by atoms with van der Waals surface area (Å²) < 4.78 is 13.3. The lowest BCUT2D eigenvalue weighted by Gasteiger charge is -2.12. The van der Waals surface area contributed by atoms with E-state index < -0.39 is 0 Å². The number of rotatable bonds is 4. The Kier molecular flexibility index (Phi) is 4.70. The lowest BCUT2D eigenvalue weighted by molar-refractivity contribution is 0.619. The van der Waals surface area contributed by atoms with Gasteiger partial charge in [-0.25, -0.2) is 4.39 Å². The second-order valence-corrected chi connectivity index (χ2v) is 3.89. The van der Waals surface area contributed by atoms with E-state index in [0.29, 0.717) is 5.56 Å². The van der Waals surface area contributed by atoms with Crippen LogP contribution in [0.5, 0.6) is 0 Å². The average Bonchev–Trinajstić information content (AvgIpc) is 2.31. The van der Waals surface area contributed by atoms with Gasteiger partial charge in [0.15, 0.2) is 0 Å². The molecule has 0 aliphatic carbocycles. The van der Waals surface area contributed by atoms with Gasteiger partial charge in [0.2, 0.25) is 0 Å². The molecule has 0 radical (unpaired) electrons. The minimum Gasteiger partial charge on any atom is -0.355 e. The molecular formula is C15H18FN. The molecule has 0 aliphatic rings. The number of benzene rings is 1. The zero-order valence-electron chi connectivity index (χ0n) is 10.5. The number of anilines is 1. The van der Waals surface area contributed by atoms with Crippen molar-refractivity contribution in [3.8, 4) is 0 Å². The first-order chi connectivity index (χ1) is 8.06. The summed E-state index contributed by atoms with van der Waals surface area (Å²) in [5.74, 6) is -0.210. The summed E-state index contributed by atoms with van der Waals surface area (Å²) in [4.78, 5) is 0. The summed E-state index contributed by atoms with van der Waals surface area (Å²) in [6, 6.07) is 4.97. The van der Waals surface area contributed by atoms with Crippen molar-refractivity contribution in [2.75, 3.05) is 5.32 Å². The van der Waals surface area contributed by atoms with Gasteiger partial charge in [0.25, 0.3) is 0 Å². The summed E-state index contributed by atoms with van der Waals surface area (Å²) in [5.41, 5.74) is 3.15. The Morgan fingerprint density at radius 1 is 1.41 bits per heavy atom. The van der Waals surface area contributed by atoms with Gasteiger partial charge in [-0.15, -0.1) is 0 Å². The number of halogens is 1. The van der Waals surface area contributed by atoms with Crippen LogP contribution in [0.15, 0.2) is 54.3 Å². The van der Waals surface area contributed by atoms with E-state index in [-0.39, 0.29) is 5.82 Å². The molecular weight excluding hydrogens is 213 g/mol. The maximum atomic E-state index is 13.3. The third-order valence-corrected chi connectivity index (χ3v) is 2.57. The predicted octanol–water partition coefficient (Wildman–Crippen LogP) is 4.58. The third kappa shape index (κ3) is 3.59. The molecule has 1 N–H and O–H groups in total. The van der Waals surface area contributed by atoms with Crippen molar-refractivity contribution in [1.29, 1.82) is 0 Å². The highest BCUT2D eigenvalue weighted by Crippen LogP contribution is 2.20. The second kappa shape index (κ2) is 6.04. The molecule has 0 atom stereocenters. The van der Waals surface area contributed by atoms with Gasteiger partial charge in [0, 0.05) is 16.9 Å². The smallest absolute Gasteiger partial charge is 0.128 e. The molecule has 0 saturated heterocycles.